The van der Waals surface area contributed by atoms with E-state index in [0.717, 1.165) is 17.8 Å². The summed E-state index contributed by atoms with van der Waals surface area (Å²) < 4.78 is 16.8. The first-order chi connectivity index (χ1) is 21.7. The Morgan fingerprint density at radius 2 is 1.24 bits per heavy atom. The Labute approximate surface area is 277 Å². The second kappa shape index (κ2) is 17.5. The Balaban J connectivity index is 1.49. The van der Waals surface area contributed by atoms with E-state index in [1.54, 1.807) is 0 Å². The molecule has 0 aliphatic heterocycles. The monoisotopic (exact) mass is 640 g/mol. The molecule has 0 heterocycles. The molecule has 0 saturated heterocycles. The summed E-state index contributed by atoms with van der Waals surface area (Å²) in [5, 5.41) is 20.2. The highest BCUT2D eigenvalue weighted by atomic mass is 16.6. The number of hydrogen-bond donors (Lipinski definition) is 2. The van der Waals surface area contributed by atoms with Crippen LogP contribution in [0.4, 0.5) is 0 Å². The van der Waals surface area contributed by atoms with Crippen LogP contribution in [0.15, 0.2) is 48.6 Å². The van der Waals surface area contributed by atoms with Crippen molar-refractivity contribution in [1.82, 2.24) is 0 Å². The van der Waals surface area contributed by atoms with Gasteiger partial charge in [0.15, 0.2) is 0 Å². The highest BCUT2D eigenvalue weighted by Gasteiger charge is 2.32. The third-order valence-corrected chi connectivity index (χ3v) is 10.3. The van der Waals surface area contributed by atoms with E-state index in [4.69, 9.17) is 14.2 Å². The molecule has 1 aromatic rings. The fourth-order valence-corrected chi connectivity index (χ4v) is 6.81. The van der Waals surface area contributed by atoms with E-state index < -0.39 is 29.1 Å². The summed E-state index contributed by atoms with van der Waals surface area (Å²) in [5.74, 6) is 2.06. The van der Waals surface area contributed by atoms with Crippen LogP contribution in [0.1, 0.15) is 123 Å². The maximum atomic E-state index is 12.4. The number of unbranched alkanes of at least 4 members (excludes halogenated alkanes) is 2. The predicted molar refractivity (Wildman–Crippen MR) is 183 cm³/mol. The van der Waals surface area contributed by atoms with Gasteiger partial charge in [0, 0.05) is 0 Å². The number of benzene rings is 1. The largest absolute Gasteiger partial charge is 0.493 e. The van der Waals surface area contributed by atoms with Crippen molar-refractivity contribution in [3.63, 3.8) is 0 Å². The molecule has 0 bridgehead atoms. The average molecular weight is 641 g/mol. The molecule has 2 N–H and O–H groups in total. The van der Waals surface area contributed by atoms with Gasteiger partial charge < -0.3 is 24.4 Å². The summed E-state index contributed by atoms with van der Waals surface area (Å²) >= 11 is 0. The molecule has 0 radical (unpaired) electrons. The quantitative estimate of drug-likeness (QED) is 0.101. The fraction of sp³-hybridized carbons (Fsp3) is 0.692. The minimum atomic E-state index is -1.42. The van der Waals surface area contributed by atoms with Crippen molar-refractivity contribution < 1.29 is 34.0 Å². The van der Waals surface area contributed by atoms with Crippen molar-refractivity contribution in [3.8, 4) is 5.75 Å². The van der Waals surface area contributed by atoms with Gasteiger partial charge in [-0.1, -0.05) is 70.7 Å². The molecule has 2 aliphatic carbocycles. The van der Waals surface area contributed by atoms with Crippen LogP contribution in [-0.2, 0) is 19.1 Å². The third kappa shape index (κ3) is 11.9. The highest BCUT2D eigenvalue weighted by Crippen LogP contribution is 2.44. The minimum absolute atomic E-state index is 0.0746. The Hall–Kier alpha value is -2.64. The van der Waals surface area contributed by atoms with Crippen molar-refractivity contribution in [1.29, 1.82) is 0 Å². The molecule has 7 heteroatoms. The van der Waals surface area contributed by atoms with Crippen molar-refractivity contribution >= 4 is 11.9 Å². The molecule has 0 atom stereocenters. The maximum Gasteiger partial charge on any atom is 0.336 e. The maximum absolute atomic E-state index is 12.4. The first-order valence-electron chi connectivity index (χ1n) is 17.6. The van der Waals surface area contributed by atoms with Gasteiger partial charge in [-0.2, -0.15) is 0 Å². The number of ether oxygens (including phenoxy) is 3. The standard InChI is InChI=1S/C39H60O7/c1-8-9-10-11-29-12-14-31(15-13-29)32-16-18-33(19-17-32)34-20-22-35(23-21-34)44-24-30(25-45-36(40)27(2)38(4,5)42)26-46-37(41)28(3)39(6,7)43/h20-23,29-33,42-43H,2-3,8-19,24-26H2,1,4-7H3. The summed E-state index contributed by atoms with van der Waals surface area (Å²) in [6, 6.07) is 8.25. The molecule has 2 fully saturated rings. The molecule has 3 rings (SSSR count). The summed E-state index contributed by atoms with van der Waals surface area (Å²) in [6.45, 7) is 15.3. The molecule has 0 unspecified atom stereocenters. The van der Waals surface area contributed by atoms with Crippen molar-refractivity contribution in [2.45, 2.75) is 129 Å². The molecular formula is C39H60O7. The number of carbonyl (C=O) groups is 2. The lowest BCUT2D eigenvalue weighted by Gasteiger charge is -2.38. The van der Waals surface area contributed by atoms with Gasteiger partial charge in [-0.25, -0.2) is 9.59 Å². The molecular weight excluding hydrogens is 580 g/mol. The van der Waals surface area contributed by atoms with E-state index in [2.05, 4.69) is 32.2 Å². The summed E-state index contributed by atoms with van der Waals surface area (Å²) in [5.41, 5.74) is -1.65. The van der Waals surface area contributed by atoms with Gasteiger partial charge >= 0.3 is 11.9 Å². The van der Waals surface area contributed by atoms with E-state index in [0.29, 0.717) is 11.7 Å². The third-order valence-electron chi connectivity index (χ3n) is 10.3. The first-order valence-corrected chi connectivity index (χ1v) is 17.6. The van der Waals surface area contributed by atoms with Gasteiger partial charge in [0.2, 0.25) is 0 Å². The van der Waals surface area contributed by atoms with Crippen LogP contribution in [0.2, 0.25) is 0 Å². The molecule has 2 saturated carbocycles. The zero-order valence-corrected chi connectivity index (χ0v) is 29.2. The molecule has 258 valence electrons. The number of aliphatic hydroxyl groups is 2. The SMILES string of the molecule is C=C(C(=O)OCC(COC(=O)C(=C)C(C)(C)O)COc1ccc(C2CCC(C3CCC(CCCCC)CC3)CC2)cc1)C(C)(C)O. The number of rotatable bonds is 17. The van der Waals surface area contributed by atoms with Gasteiger partial charge in [0.25, 0.3) is 0 Å². The molecule has 46 heavy (non-hydrogen) atoms. The van der Waals surface area contributed by atoms with Crippen molar-refractivity contribution in [3.05, 3.63) is 54.1 Å². The normalized spacial score (nSPS) is 22.3. The zero-order chi connectivity index (χ0) is 33.9. The minimum Gasteiger partial charge on any atom is -0.493 e. The van der Waals surface area contributed by atoms with Gasteiger partial charge in [-0.15, -0.1) is 0 Å². The molecule has 0 aromatic heterocycles. The van der Waals surface area contributed by atoms with E-state index in [1.807, 2.05) is 12.1 Å². The van der Waals surface area contributed by atoms with Gasteiger partial charge in [-0.05, 0) is 108 Å². The number of esters is 2. The topological polar surface area (TPSA) is 102 Å². The second-order valence-corrected chi connectivity index (χ2v) is 14.9. The summed E-state index contributed by atoms with van der Waals surface area (Å²) in [6.07, 6.45) is 16.4. The average Bonchev–Trinajstić information content (AvgIpc) is 3.03. The van der Waals surface area contributed by atoms with Crippen LogP contribution in [-0.4, -0.2) is 53.2 Å². The molecule has 1 aromatic carbocycles. The highest BCUT2D eigenvalue weighted by molar-refractivity contribution is 5.90. The lowest BCUT2D eigenvalue weighted by molar-refractivity contribution is -0.146. The zero-order valence-electron chi connectivity index (χ0n) is 29.2. The predicted octanol–water partition coefficient (Wildman–Crippen LogP) is 8.08. The smallest absolute Gasteiger partial charge is 0.336 e. The van der Waals surface area contributed by atoms with Crippen molar-refractivity contribution in [2.75, 3.05) is 19.8 Å². The molecule has 2 aliphatic rings. The Bertz CT molecular complexity index is 1080. The number of hydrogen-bond acceptors (Lipinski definition) is 7. The summed E-state index contributed by atoms with van der Waals surface area (Å²) in [4.78, 5) is 24.8. The van der Waals surface area contributed by atoms with Crippen molar-refractivity contribution in [2.24, 2.45) is 23.7 Å². The van der Waals surface area contributed by atoms with Gasteiger partial charge in [-0.3, -0.25) is 0 Å². The summed E-state index contributed by atoms with van der Waals surface area (Å²) in [7, 11) is 0. The van der Waals surface area contributed by atoms with Gasteiger partial charge in [0.1, 0.15) is 19.0 Å². The molecule has 0 spiro atoms. The van der Waals surface area contributed by atoms with Crippen LogP contribution in [0.5, 0.6) is 5.75 Å². The van der Waals surface area contributed by atoms with E-state index >= 15 is 0 Å². The molecule has 0 amide bonds. The van der Waals surface area contributed by atoms with Crippen LogP contribution >= 0.6 is 0 Å². The number of carbonyl (C=O) groups excluding carboxylic acids is 2. The van der Waals surface area contributed by atoms with E-state index in [-0.39, 0.29) is 31.0 Å². The van der Waals surface area contributed by atoms with Crippen LogP contribution in [0, 0.1) is 23.7 Å². The van der Waals surface area contributed by atoms with E-state index in [1.165, 1.54) is 110 Å². The van der Waals surface area contributed by atoms with Crippen LogP contribution in [0.25, 0.3) is 0 Å². The van der Waals surface area contributed by atoms with E-state index in [9.17, 15) is 19.8 Å². The first kappa shape index (κ1) is 37.8. The Kier molecular flexibility index (Phi) is 14.4. The van der Waals surface area contributed by atoms with Crippen LogP contribution < -0.4 is 4.74 Å². The van der Waals surface area contributed by atoms with Crippen LogP contribution in [0.3, 0.4) is 0 Å². The second-order valence-electron chi connectivity index (χ2n) is 14.9. The van der Waals surface area contributed by atoms with Gasteiger partial charge in [0.05, 0.1) is 34.9 Å². The Morgan fingerprint density at radius 1 is 0.761 bits per heavy atom. The molecule has 7 nitrogen and oxygen atoms in total. The lowest BCUT2D eigenvalue weighted by atomic mass is 9.68. The lowest BCUT2D eigenvalue weighted by Crippen LogP contribution is -2.32. The Morgan fingerprint density at radius 3 is 1.70 bits per heavy atom. The fourth-order valence-electron chi connectivity index (χ4n) is 6.81.